The second kappa shape index (κ2) is 6.17. The van der Waals surface area contributed by atoms with Gasteiger partial charge in [0.25, 0.3) is 0 Å². The van der Waals surface area contributed by atoms with Crippen LogP contribution in [0.4, 0.5) is 4.39 Å². The van der Waals surface area contributed by atoms with E-state index in [-0.39, 0.29) is 5.75 Å². The molecule has 110 valence electrons. The molecule has 0 fully saturated rings. The molecule has 0 spiro atoms. The van der Waals surface area contributed by atoms with Gasteiger partial charge in [-0.3, -0.25) is 4.57 Å². The molecule has 0 aliphatic carbocycles. The third-order valence-corrected chi connectivity index (χ3v) is 5.67. The zero-order chi connectivity index (χ0) is 15.4. The minimum absolute atomic E-state index is 0.0152. The second-order valence-corrected chi connectivity index (χ2v) is 7.06. The van der Waals surface area contributed by atoms with Crippen LogP contribution in [0.1, 0.15) is 0 Å². The largest absolute Gasteiger partial charge is 0.434 e. The molecular formula is C18H14FO2P. The first-order chi connectivity index (χ1) is 10.7. The summed E-state index contributed by atoms with van der Waals surface area (Å²) in [7, 11) is -3.41. The Morgan fingerprint density at radius 3 is 1.64 bits per heavy atom. The summed E-state index contributed by atoms with van der Waals surface area (Å²) in [6.07, 6.45) is 0. The number of rotatable bonds is 4. The van der Waals surface area contributed by atoms with Gasteiger partial charge in [0, 0.05) is 0 Å². The maximum Gasteiger partial charge on any atom is 0.306 e. The fraction of sp³-hybridized carbons (Fsp3) is 0. The first kappa shape index (κ1) is 14.6. The molecule has 0 bridgehead atoms. The molecule has 2 nitrogen and oxygen atoms in total. The minimum atomic E-state index is -3.41. The summed E-state index contributed by atoms with van der Waals surface area (Å²) >= 11 is 0. The van der Waals surface area contributed by atoms with Gasteiger partial charge in [0.15, 0.2) is 11.6 Å². The Hall–Kier alpha value is -2.38. The van der Waals surface area contributed by atoms with E-state index in [2.05, 4.69) is 0 Å². The molecule has 0 amide bonds. The van der Waals surface area contributed by atoms with Crippen molar-refractivity contribution in [3.05, 3.63) is 90.7 Å². The molecule has 0 radical (unpaired) electrons. The van der Waals surface area contributed by atoms with Gasteiger partial charge in [0.2, 0.25) is 0 Å². The van der Waals surface area contributed by atoms with Crippen LogP contribution in [0.3, 0.4) is 0 Å². The van der Waals surface area contributed by atoms with E-state index in [1.54, 1.807) is 60.7 Å². The average molecular weight is 312 g/mol. The molecule has 4 heteroatoms. The van der Waals surface area contributed by atoms with Crippen LogP contribution < -0.4 is 15.1 Å². The fourth-order valence-corrected chi connectivity index (χ4v) is 4.22. The van der Waals surface area contributed by atoms with Crippen LogP contribution >= 0.6 is 7.37 Å². The van der Waals surface area contributed by atoms with E-state index in [9.17, 15) is 8.96 Å². The molecule has 0 aromatic heterocycles. The Morgan fingerprint density at radius 1 is 0.682 bits per heavy atom. The van der Waals surface area contributed by atoms with Crippen LogP contribution in [-0.4, -0.2) is 0 Å². The smallest absolute Gasteiger partial charge is 0.306 e. The number of halogens is 1. The van der Waals surface area contributed by atoms with Gasteiger partial charge in [-0.1, -0.05) is 48.5 Å². The van der Waals surface area contributed by atoms with Crippen LogP contribution in [0, 0.1) is 5.82 Å². The van der Waals surface area contributed by atoms with E-state index in [1.807, 2.05) is 12.1 Å². The average Bonchev–Trinajstić information content (AvgIpc) is 2.58. The Labute approximate surface area is 128 Å². The van der Waals surface area contributed by atoms with Crippen molar-refractivity contribution in [3.63, 3.8) is 0 Å². The van der Waals surface area contributed by atoms with Crippen LogP contribution in [0.5, 0.6) is 5.75 Å². The lowest BCUT2D eigenvalue weighted by molar-refractivity contribution is 0.476. The fourth-order valence-electron chi connectivity index (χ4n) is 2.16. The van der Waals surface area contributed by atoms with Gasteiger partial charge in [-0.15, -0.1) is 0 Å². The maximum atomic E-state index is 13.9. The topological polar surface area (TPSA) is 26.3 Å². The molecule has 0 unspecified atom stereocenters. The Kier molecular flexibility index (Phi) is 4.08. The first-order valence-electron chi connectivity index (χ1n) is 6.85. The highest BCUT2D eigenvalue weighted by Gasteiger charge is 2.30. The van der Waals surface area contributed by atoms with Crippen LogP contribution in [0.25, 0.3) is 0 Å². The lowest BCUT2D eigenvalue weighted by Crippen LogP contribution is -2.20. The van der Waals surface area contributed by atoms with Gasteiger partial charge < -0.3 is 4.52 Å². The third-order valence-electron chi connectivity index (χ3n) is 3.26. The van der Waals surface area contributed by atoms with Crippen molar-refractivity contribution >= 4 is 18.0 Å². The maximum absolute atomic E-state index is 13.9. The summed E-state index contributed by atoms with van der Waals surface area (Å²) in [5, 5.41) is 1.06. The van der Waals surface area contributed by atoms with E-state index >= 15 is 0 Å². The van der Waals surface area contributed by atoms with Crippen molar-refractivity contribution in [2.75, 3.05) is 0 Å². The monoisotopic (exact) mass is 312 g/mol. The summed E-state index contributed by atoms with van der Waals surface area (Å²) in [6, 6.07) is 23.7. The van der Waals surface area contributed by atoms with Gasteiger partial charge >= 0.3 is 7.37 Å². The summed E-state index contributed by atoms with van der Waals surface area (Å²) < 4.78 is 33.1. The normalized spacial score (nSPS) is 11.1. The van der Waals surface area contributed by atoms with Gasteiger partial charge in [-0.25, -0.2) is 4.39 Å². The molecule has 0 aliphatic rings. The predicted octanol–water partition coefficient (Wildman–Crippen LogP) is 4.13. The van der Waals surface area contributed by atoms with E-state index in [0.717, 1.165) is 0 Å². The van der Waals surface area contributed by atoms with Crippen molar-refractivity contribution < 1.29 is 13.5 Å². The SMILES string of the molecule is O=P(Oc1ccccc1F)(c1ccccc1)c1ccccc1. The van der Waals surface area contributed by atoms with Crippen molar-refractivity contribution in [3.8, 4) is 5.75 Å². The van der Waals surface area contributed by atoms with Crippen LogP contribution in [0.15, 0.2) is 84.9 Å². The second-order valence-electron chi connectivity index (χ2n) is 4.74. The molecule has 0 atom stereocenters. The first-order valence-corrected chi connectivity index (χ1v) is 8.48. The lowest BCUT2D eigenvalue weighted by Gasteiger charge is -2.20. The molecule has 0 aliphatic heterocycles. The number of benzene rings is 3. The molecule has 0 N–H and O–H groups in total. The number of para-hydroxylation sites is 1. The molecule has 3 rings (SSSR count). The van der Waals surface area contributed by atoms with E-state index in [0.29, 0.717) is 10.6 Å². The standard InChI is InChI=1S/C18H14FO2P/c19-17-13-7-8-14-18(17)21-22(20,15-9-3-1-4-10-15)16-11-5-2-6-12-16/h1-14H. The summed E-state index contributed by atoms with van der Waals surface area (Å²) in [6.45, 7) is 0. The summed E-state index contributed by atoms with van der Waals surface area (Å²) in [5.74, 6) is -0.548. The zero-order valence-corrected chi connectivity index (χ0v) is 12.6. The zero-order valence-electron chi connectivity index (χ0n) is 11.7. The van der Waals surface area contributed by atoms with E-state index in [1.165, 1.54) is 12.1 Å². The van der Waals surface area contributed by atoms with Crippen molar-refractivity contribution in [1.29, 1.82) is 0 Å². The van der Waals surface area contributed by atoms with Crippen molar-refractivity contribution in [1.82, 2.24) is 0 Å². The quantitative estimate of drug-likeness (QED) is 0.677. The van der Waals surface area contributed by atoms with Gasteiger partial charge in [-0.2, -0.15) is 0 Å². The predicted molar refractivity (Wildman–Crippen MR) is 86.8 cm³/mol. The van der Waals surface area contributed by atoms with Gasteiger partial charge in [0.1, 0.15) is 0 Å². The molecule has 0 saturated heterocycles. The van der Waals surface area contributed by atoms with E-state index < -0.39 is 13.2 Å². The number of hydrogen-bond acceptors (Lipinski definition) is 2. The molecular weight excluding hydrogens is 298 g/mol. The summed E-state index contributed by atoms with van der Waals surface area (Å²) in [4.78, 5) is 0. The minimum Gasteiger partial charge on any atom is -0.434 e. The third kappa shape index (κ3) is 2.81. The molecule has 3 aromatic carbocycles. The molecule has 0 saturated carbocycles. The van der Waals surface area contributed by atoms with Gasteiger partial charge in [0.05, 0.1) is 10.6 Å². The number of hydrogen-bond donors (Lipinski definition) is 0. The van der Waals surface area contributed by atoms with Crippen molar-refractivity contribution in [2.24, 2.45) is 0 Å². The Balaban J connectivity index is 2.13. The summed E-state index contributed by atoms with van der Waals surface area (Å²) in [5.41, 5.74) is 0. The highest BCUT2D eigenvalue weighted by Crippen LogP contribution is 2.45. The molecule has 22 heavy (non-hydrogen) atoms. The molecule has 3 aromatic rings. The van der Waals surface area contributed by atoms with E-state index in [4.69, 9.17) is 4.52 Å². The van der Waals surface area contributed by atoms with Crippen LogP contribution in [-0.2, 0) is 4.57 Å². The Morgan fingerprint density at radius 2 is 1.14 bits per heavy atom. The van der Waals surface area contributed by atoms with Crippen molar-refractivity contribution in [2.45, 2.75) is 0 Å². The van der Waals surface area contributed by atoms with Crippen LogP contribution in [0.2, 0.25) is 0 Å². The lowest BCUT2D eigenvalue weighted by atomic mass is 10.3. The Bertz CT molecular complexity index is 760. The highest BCUT2D eigenvalue weighted by molar-refractivity contribution is 7.74. The van der Waals surface area contributed by atoms with Gasteiger partial charge in [-0.05, 0) is 36.4 Å². The highest BCUT2D eigenvalue weighted by atomic mass is 31.2. The molecule has 0 heterocycles.